The van der Waals surface area contributed by atoms with E-state index in [9.17, 15) is 8.42 Å². The number of imidazole rings is 1. The normalized spacial score (nSPS) is 11.4. The Morgan fingerprint density at radius 1 is 1.41 bits per heavy atom. The number of hydrogen-bond acceptors (Lipinski definition) is 4. The van der Waals surface area contributed by atoms with Gasteiger partial charge in [0, 0.05) is 5.69 Å². The highest BCUT2D eigenvalue weighted by atomic mass is 32.2. The summed E-state index contributed by atoms with van der Waals surface area (Å²) in [6, 6.07) is 5.05. The van der Waals surface area contributed by atoms with Crippen molar-refractivity contribution in [2.75, 3.05) is 10.5 Å². The van der Waals surface area contributed by atoms with E-state index < -0.39 is 10.0 Å². The van der Waals surface area contributed by atoms with Crippen molar-refractivity contribution in [1.29, 1.82) is 0 Å². The number of anilines is 2. The van der Waals surface area contributed by atoms with Gasteiger partial charge in [-0.05, 0) is 24.6 Å². The van der Waals surface area contributed by atoms with Crippen LogP contribution >= 0.6 is 0 Å². The molecule has 0 radical (unpaired) electrons. The number of nitrogen functional groups attached to an aromatic ring is 1. The van der Waals surface area contributed by atoms with Crippen LogP contribution in [-0.2, 0) is 10.0 Å². The maximum atomic E-state index is 11.9. The molecule has 17 heavy (non-hydrogen) atoms. The maximum absolute atomic E-state index is 11.9. The number of nitrogens with one attached hydrogen (secondary N) is 2. The highest BCUT2D eigenvalue weighted by Crippen LogP contribution is 2.22. The zero-order valence-electron chi connectivity index (χ0n) is 9.14. The molecule has 2 aromatic rings. The maximum Gasteiger partial charge on any atom is 0.278 e. The van der Waals surface area contributed by atoms with Crippen LogP contribution in [0.4, 0.5) is 11.4 Å². The summed E-state index contributed by atoms with van der Waals surface area (Å²) in [5.74, 6) is 0. The van der Waals surface area contributed by atoms with Crippen molar-refractivity contribution in [1.82, 2.24) is 9.97 Å². The minimum atomic E-state index is -3.63. The molecule has 0 spiro atoms. The van der Waals surface area contributed by atoms with E-state index in [1.165, 1.54) is 12.5 Å². The lowest BCUT2D eigenvalue weighted by atomic mass is 10.2. The standard InChI is InChI=1S/C10H12N4O2S/c1-7-8(11)3-2-4-9(7)14-17(15,16)10-5-12-6-13-10/h2-6,14H,11H2,1H3,(H,12,13). The zero-order chi connectivity index (χ0) is 12.5. The van der Waals surface area contributed by atoms with E-state index in [1.54, 1.807) is 25.1 Å². The number of aromatic nitrogens is 2. The van der Waals surface area contributed by atoms with Crippen LogP contribution in [0.25, 0.3) is 0 Å². The predicted octanol–water partition coefficient (Wildman–Crippen LogP) is 1.10. The summed E-state index contributed by atoms with van der Waals surface area (Å²) >= 11 is 0. The molecule has 0 saturated carbocycles. The largest absolute Gasteiger partial charge is 0.398 e. The number of nitrogens with zero attached hydrogens (tertiary/aromatic N) is 1. The van der Waals surface area contributed by atoms with Crippen molar-refractivity contribution in [2.24, 2.45) is 0 Å². The van der Waals surface area contributed by atoms with Gasteiger partial charge in [-0.2, -0.15) is 8.42 Å². The second-order valence-electron chi connectivity index (χ2n) is 3.54. The molecule has 0 bridgehead atoms. The number of nitrogens with two attached hydrogens (primary N) is 1. The Labute approximate surface area is 98.9 Å². The van der Waals surface area contributed by atoms with Crippen LogP contribution in [0.5, 0.6) is 0 Å². The summed E-state index contributed by atoms with van der Waals surface area (Å²) in [6.45, 7) is 1.75. The smallest absolute Gasteiger partial charge is 0.278 e. The topological polar surface area (TPSA) is 101 Å². The van der Waals surface area contributed by atoms with Gasteiger partial charge >= 0.3 is 0 Å². The van der Waals surface area contributed by atoms with Gasteiger partial charge in [-0.15, -0.1) is 0 Å². The van der Waals surface area contributed by atoms with Crippen LogP contribution in [0.15, 0.2) is 35.7 Å². The Morgan fingerprint density at radius 2 is 2.18 bits per heavy atom. The first-order chi connectivity index (χ1) is 8.00. The SMILES string of the molecule is Cc1c(N)cccc1NS(=O)(=O)c1cnc[nH]1. The van der Waals surface area contributed by atoms with E-state index in [1.807, 2.05) is 0 Å². The van der Waals surface area contributed by atoms with Gasteiger partial charge in [0.1, 0.15) is 0 Å². The zero-order valence-corrected chi connectivity index (χ0v) is 9.95. The second-order valence-corrected chi connectivity index (χ2v) is 5.19. The van der Waals surface area contributed by atoms with Gasteiger partial charge in [0.15, 0.2) is 5.03 Å². The molecule has 0 amide bonds. The fourth-order valence-corrected chi connectivity index (χ4v) is 2.38. The summed E-state index contributed by atoms with van der Waals surface area (Å²) in [7, 11) is -3.63. The van der Waals surface area contributed by atoms with Crippen LogP contribution in [0.1, 0.15) is 5.56 Å². The van der Waals surface area contributed by atoms with Crippen molar-refractivity contribution in [3.63, 3.8) is 0 Å². The molecule has 1 heterocycles. The van der Waals surface area contributed by atoms with E-state index in [0.29, 0.717) is 16.9 Å². The minimum Gasteiger partial charge on any atom is -0.398 e. The molecule has 0 saturated heterocycles. The summed E-state index contributed by atoms with van der Waals surface area (Å²) in [5.41, 5.74) is 7.39. The molecule has 0 aliphatic rings. The first kappa shape index (κ1) is 11.5. The van der Waals surface area contributed by atoms with Crippen LogP contribution in [0, 0.1) is 6.92 Å². The third-order valence-corrected chi connectivity index (χ3v) is 3.67. The van der Waals surface area contributed by atoms with Gasteiger partial charge in [0.2, 0.25) is 0 Å². The van der Waals surface area contributed by atoms with Crippen molar-refractivity contribution >= 4 is 21.4 Å². The number of hydrogen-bond donors (Lipinski definition) is 3. The molecular weight excluding hydrogens is 240 g/mol. The lowest BCUT2D eigenvalue weighted by molar-refractivity contribution is 0.598. The minimum absolute atomic E-state index is 0.0133. The summed E-state index contributed by atoms with van der Waals surface area (Å²) < 4.78 is 26.3. The van der Waals surface area contributed by atoms with E-state index in [0.717, 1.165) is 0 Å². The Balaban J connectivity index is 2.37. The van der Waals surface area contributed by atoms with Gasteiger partial charge in [-0.1, -0.05) is 6.07 Å². The lowest BCUT2D eigenvalue weighted by Gasteiger charge is -2.10. The lowest BCUT2D eigenvalue weighted by Crippen LogP contribution is -2.14. The average Bonchev–Trinajstić information content (AvgIpc) is 2.78. The van der Waals surface area contributed by atoms with E-state index in [-0.39, 0.29) is 5.03 Å². The predicted molar refractivity (Wildman–Crippen MR) is 65.0 cm³/mol. The molecule has 0 fully saturated rings. The van der Waals surface area contributed by atoms with Crippen molar-refractivity contribution in [3.05, 3.63) is 36.3 Å². The molecule has 0 unspecified atom stereocenters. The van der Waals surface area contributed by atoms with Gasteiger partial charge < -0.3 is 10.7 Å². The van der Waals surface area contributed by atoms with E-state index in [4.69, 9.17) is 5.73 Å². The summed E-state index contributed by atoms with van der Waals surface area (Å²) in [6.07, 6.45) is 2.55. The third-order valence-electron chi connectivity index (χ3n) is 2.38. The molecule has 1 aromatic carbocycles. The van der Waals surface area contributed by atoms with Crippen LogP contribution in [0.2, 0.25) is 0 Å². The molecule has 0 atom stereocenters. The Kier molecular flexibility index (Phi) is 2.76. The molecule has 7 heteroatoms. The first-order valence-electron chi connectivity index (χ1n) is 4.87. The van der Waals surface area contributed by atoms with Crippen LogP contribution < -0.4 is 10.5 Å². The highest BCUT2D eigenvalue weighted by Gasteiger charge is 2.16. The van der Waals surface area contributed by atoms with Crippen molar-refractivity contribution in [3.8, 4) is 0 Å². The van der Waals surface area contributed by atoms with Gasteiger partial charge in [0.25, 0.3) is 10.0 Å². The Morgan fingerprint density at radius 3 is 2.82 bits per heavy atom. The summed E-state index contributed by atoms with van der Waals surface area (Å²) in [5, 5.41) is 0.0133. The average molecular weight is 252 g/mol. The number of aromatic amines is 1. The van der Waals surface area contributed by atoms with Gasteiger partial charge in [-0.25, -0.2) is 4.98 Å². The van der Waals surface area contributed by atoms with Gasteiger partial charge in [-0.3, -0.25) is 4.72 Å². The fraction of sp³-hybridized carbons (Fsp3) is 0.100. The summed E-state index contributed by atoms with van der Waals surface area (Å²) in [4.78, 5) is 6.21. The molecule has 4 N–H and O–H groups in total. The highest BCUT2D eigenvalue weighted by molar-refractivity contribution is 7.92. The molecule has 0 aliphatic heterocycles. The molecule has 6 nitrogen and oxygen atoms in total. The molecule has 0 aliphatic carbocycles. The Bertz CT molecular complexity index is 620. The van der Waals surface area contributed by atoms with Crippen LogP contribution in [0.3, 0.4) is 0 Å². The molecule has 1 aromatic heterocycles. The molecule has 2 rings (SSSR count). The number of rotatable bonds is 3. The molecular formula is C10H12N4O2S. The van der Waals surface area contributed by atoms with E-state index >= 15 is 0 Å². The van der Waals surface area contributed by atoms with E-state index in [2.05, 4.69) is 14.7 Å². The number of H-pyrrole nitrogens is 1. The molecule has 90 valence electrons. The van der Waals surface area contributed by atoms with Crippen molar-refractivity contribution in [2.45, 2.75) is 11.9 Å². The third kappa shape index (κ3) is 2.23. The first-order valence-corrected chi connectivity index (χ1v) is 6.35. The monoisotopic (exact) mass is 252 g/mol. The van der Waals surface area contributed by atoms with Gasteiger partial charge in [0.05, 0.1) is 18.2 Å². The number of sulfonamides is 1. The fourth-order valence-electron chi connectivity index (χ4n) is 1.35. The second kappa shape index (κ2) is 4.10. The van der Waals surface area contributed by atoms with Crippen molar-refractivity contribution < 1.29 is 8.42 Å². The quantitative estimate of drug-likeness (QED) is 0.712. The van der Waals surface area contributed by atoms with Crippen LogP contribution in [-0.4, -0.2) is 18.4 Å². The number of benzene rings is 1. The Hall–Kier alpha value is -2.02.